The Balaban J connectivity index is 1.83. The van der Waals surface area contributed by atoms with E-state index in [4.69, 9.17) is 4.74 Å². The molecular weight excluding hydrogens is 318 g/mol. The van der Waals surface area contributed by atoms with Crippen molar-refractivity contribution in [2.75, 3.05) is 7.11 Å². The molecule has 0 radical (unpaired) electrons. The van der Waals surface area contributed by atoms with Crippen LogP contribution in [0.5, 0.6) is 5.75 Å². The fraction of sp³-hybridized carbons (Fsp3) is 0.188. The average molecular weight is 332 g/mol. The molecule has 0 bridgehead atoms. The van der Waals surface area contributed by atoms with Crippen molar-refractivity contribution in [3.05, 3.63) is 63.6 Å². The zero-order valence-electron chi connectivity index (χ0n) is 11.1. The lowest BCUT2D eigenvalue weighted by molar-refractivity contribution is 0.0751. The van der Waals surface area contributed by atoms with Crippen molar-refractivity contribution in [3.8, 4) is 5.75 Å². The third kappa shape index (κ3) is 2.31. The molecule has 20 heavy (non-hydrogen) atoms. The van der Waals surface area contributed by atoms with Gasteiger partial charge in [-0.1, -0.05) is 24.3 Å². The van der Waals surface area contributed by atoms with Gasteiger partial charge in [-0.15, -0.1) is 0 Å². The Bertz CT molecular complexity index is 644. The smallest absolute Gasteiger partial charge is 0.254 e. The second-order valence-corrected chi connectivity index (χ2v) is 5.63. The minimum atomic E-state index is 0.0459. The summed E-state index contributed by atoms with van der Waals surface area (Å²) in [4.78, 5) is 14.4. The predicted molar refractivity (Wildman–Crippen MR) is 80.7 cm³/mol. The molecule has 2 aromatic carbocycles. The molecule has 0 atom stereocenters. The Morgan fingerprint density at radius 2 is 1.80 bits per heavy atom. The van der Waals surface area contributed by atoms with Crippen molar-refractivity contribution in [3.63, 3.8) is 0 Å². The first-order valence-electron chi connectivity index (χ1n) is 6.38. The van der Waals surface area contributed by atoms with Gasteiger partial charge in [-0.25, -0.2) is 0 Å². The number of carbonyl (C=O) groups is 1. The number of halogens is 1. The summed E-state index contributed by atoms with van der Waals surface area (Å²) in [7, 11) is 1.61. The molecule has 0 N–H and O–H groups in total. The highest BCUT2D eigenvalue weighted by Gasteiger charge is 2.24. The fourth-order valence-electron chi connectivity index (χ4n) is 2.46. The molecule has 102 valence electrons. The van der Waals surface area contributed by atoms with E-state index >= 15 is 0 Å². The third-order valence-electron chi connectivity index (χ3n) is 3.53. The number of fused-ring (bicyclic) bond motifs is 1. The molecule has 1 amide bonds. The number of amides is 1. The Morgan fingerprint density at radius 1 is 1.15 bits per heavy atom. The first-order chi connectivity index (χ1) is 9.69. The minimum absolute atomic E-state index is 0.0459. The summed E-state index contributed by atoms with van der Waals surface area (Å²) in [6.07, 6.45) is 0. The second-order valence-electron chi connectivity index (χ2n) is 4.78. The average Bonchev–Trinajstić information content (AvgIpc) is 2.90. The first kappa shape index (κ1) is 13.2. The summed E-state index contributed by atoms with van der Waals surface area (Å²) >= 11 is 3.42. The van der Waals surface area contributed by atoms with Crippen molar-refractivity contribution in [1.29, 1.82) is 0 Å². The number of benzene rings is 2. The van der Waals surface area contributed by atoms with Crippen LogP contribution in [-0.4, -0.2) is 17.9 Å². The normalized spacial score (nSPS) is 13.2. The van der Waals surface area contributed by atoms with Crippen LogP contribution in [0, 0.1) is 0 Å². The molecule has 2 aromatic rings. The highest BCUT2D eigenvalue weighted by Crippen LogP contribution is 2.28. The van der Waals surface area contributed by atoms with Crippen molar-refractivity contribution in [2.24, 2.45) is 0 Å². The van der Waals surface area contributed by atoms with E-state index in [-0.39, 0.29) is 5.91 Å². The molecule has 0 aliphatic carbocycles. The van der Waals surface area contributed by atoms with Crippen LogP contribution in [-0.2, 0) is 13.1 Å². The maximum atomic E-state index is 12.5. The summed E-state index contributed by atoms with van der Waals surface area (Å²) in [5.74, 6) is 0.774. The summed E-state index contributed by atoms with van der Waals surface area (Å²) in [5.41, 5.74) is 3.13. The molecular formula is C16H14BrNO2. The van der Waals surface area contributed by atoms with Gasteiger partial charge in [0.05, 0.1) is 11.6 Å². The topological polar surface area (TPSA) is 29.5 Å². The summed E-state index contributed by atoms with van der Waals surface area (Å²) in [6.45, 7) is 1.36. The van der Waals surface area contributed by atoms with Gasteiger partial charge in [0.25, 0.3) is 5.91 Å². The number of hydrogen-bond donors (Lipinski definition) is 0. The van der Waals surface area contributed by atoms with Gasteiger partial charge in [0.15, 0.2) is 0 Å². The van der Waals surface area contributed by atoms with Gasteiger partial charge in [-0.05, 0) is 45.3 Å². The van der Waals surface area contributed by atoms with Crippen molar-refractivity contribution in [2.45, 2.75) is 13.1 Å². The Hall–Kier alpha value is -1.81. The van der Waals surface area contributed by atoms with Crippen LogP contribution in [0.4, 0.5) is 0 Å². The molecule has 0 saturated carbocycles. The number of carbonyl (C=O) groups excluding carboxylic acids is 1. The van der Waals surface area contributed by atoms with E-state index in [2.05, 4.69) is 28.1 Å². The van der Waals surface area contributed by atoms with Gasteiger partial charge in [-0.2, -0.15) is 0 Å². The van der Waals surface area contributed by atoms with Crippen LogP contribution < -0.4 is 4.74 Å². The molecule has 0 unspecified atom stereocenters. The van der Waals surface area contributed by atoms with Crippen LogP contribution in [0.1, 0.15) is 21.5 Å². The molecule has 3 rings (SSSR count). The largest absolute Gasteiger partial charge is 0.496 e. The van der Waals surface area contributed by atoms with Gasteiger partial charge in [0.1, 0.15) is 5.75 Å². The SMILES string of the molecule is COc1ccc(C(=O)N2Cc3ccccc3C2)cc1Br. The summed E-state index contributed by atoms with van der Waals surface area (Å²) in [5, 5.41) is 0. The number of methoxy groups -OCH3 is 1. The van der Waals surface area contributed by atoms with Gasteiger partial charge >= 0.3 is 0 Å². The standard InChI is InChI=1S/C16H14BrNO2/c1-20-15-7-6-11(8-14(15)17)16(19)18-9-12-4-2-3-5-13(12)10-18/h2-8H,9-10H2,1H3. The van der Waals surface area contributed by atoms with Crippen molar-refractivity contribution >= 4 is 21.8 Å². The summed E-state index contributed by atoms with van der Waals surface area (Å²) < 4.78 is 5.98. The van der Waals surface area contributed by atoms with E-state index < -0.39 is 0 Å². The van der Waals surface area contributed by atoms with Crippen molar-refractivity contribution < 1.29 is 9.53 Å². The van der Waals surface area contributed by atoms with Gasteiger partial charge in [0.2, 0.25) is 0 Å². The molecule has 0 spiro atoms. The predicted octanol–water partition coefficient (Wildman–Crippen LogP) is 3.61. The zero-order valence-corrected chi connectivity index (χ0v) is 12.7. The Morgan fingerprint density at radius 3 is 2.35 bits per heavy atom. The Kier molecular flexibility index (Phi) is 3.49. The van der Waals surface area contributed by atoms with Gasteiger partial charge < -0.3 is 9.64 Å². The maximum absolute atomic E-state index is 12.5. The molecule has 1 aliphatic rings. The molecule has 0 aromatic heterocycles. The van der Waals surface area contributed by atoms with Gasteiger partial charge in [0, 0.05) is 18.7 Å². The van der Waals surface area contributed by atoms with E-state index in [0.29, 0.717) is 18.7 Å². The Labute approximate surface area is 126 Å². The molecule has 0 fully saturated rings. The molecule has 3 nitrogen and oxygen atoms in total. The lowest BCUT2D eigenvalue weighted by Crippen LogP contribution is -2.25. The van der Waals surface area contributed by atoms with E-state index in [9.17, 15) is 4.79 Å². The lowest BCUT2D eigenvalue weighted by atomic mass is 10.1. The van der Waals surface area contributed by atoms with Crippen LogP contribution in [0.15, 0.2) is 46.9 Å². The second kappa shape index (κ2) is 5.29. The molecule has 4 heteroatoms. The number of nitrogens with zero attached hydrogens (tertiary/aromatic N) is 1. The molecule has 1 aliphatic heterocycles. The minimum Gasteiger partial charge on any atom is -0.496 e. The highest BCUT2D eigenvalue weighted by atomic mass is 79.9. The zero-order chi connectivity index (χ0) is 14.1. The molecule has 0 saturated heterocycles. The number of rotatable bonds is 2. The van der Waals surface area contributed by atoms with Crippen LogP contribution in [0.2, 0.25) is 0 Å². The quantitative estimate of drug-likeness (QED) is 0.841. The van der Waals surface area contributed by atoms with E-state index in [1.165, 1.54) is 11.1 Å². The van der Waals surface area contributed by atoms with Crippen LogP contribution in [0.25, 0.3) is 0 Å². The van der Waals surface area contributed by atoms with Crippen LogP contribution >= 0.6 is 15.9 Å². The number of hydrogen-bond acceptors (Lipinski definition) is 2. The highest BCUT2D eigenvalue weighted by molar-refractivity contribution is 9.10. The van der Waals surface area contributed by atoms with Gasteiger partial charge in [-0.3, -0.25) is 4.79 Å². The molecule has 1 heterocycles. The van der Waals surface area contributed by atoms with E-state index in [1.807, 2.05) is 23.1 Å². The van der Waals surface area contributed by atoms with Crippen molar-refractivity contribution in [1.82, 2.24) is 4.90 Å². The lowest BCUT2D eigenvalue weighted by Gasteiger charge is -2.16. The maximum Gasteiger partial charge on any atom is 0.254 e. The first-order valence-corrected chi connectivity index (χ1v) is 7.18. The fourth-order valence-corrected chi connectivity index (χ4v) is 3.00. The van der Waals surface area contributed by atoms with E-state index in [1.54, 1.807) is 19.2 Å². The van der Waals surface area contributed by atoms with Crippen LogP contribution in [0.3, 0.4) is 0 Å². The third-order valence-corrected chi connectivity index (χ3v) is 4.15. The van der Waals surface area contributed by atoms with E-state index in [0.717, 1.165) is 10.2 Å². The number of ether oxygens (including phenoxy) is 1. The summed E-state index contributed by atoms with van der Waals surface area (Å²) in [6, 6.07) is 13.6. The monoisotopic (exact) mass is 331 g/mol.